The van der Waals surface area contributed by atoms with Crippen molar-refractivity contribution >= 4 is 23.4 Å². The Morgan fingerprint density at radius 3 is 2.48 bits per heavy atom. The summed E-state index contributed by atoms with van der Waals surface area (Å²) in [4.78, 5) is 14.6. The van der Waals surface area contributed by atoms with Gasteiger partial charge in [0, 0.05) is 27.5 Å². The van der Waals surface area contributed by atoms with Gasteiger partial charge in [0.2, 0.25) is 5.91 Å². The van der Waals surface area contributed by atoms with Crippen LogP contribution in [0.1, 0.15) is 34.6 Å². The minimum atomic E-state index is -0.00932. The third kappa shape index (κ3) is 5.01. The molecule has 3 rings (SSSR count). The van der Waals surface area contributed by atoms with E-state index >= 15 is 0 Å². The number of carbonyl (C=O) groups is 1. The molecule has 0 atom stereocenters. The standard InChI is InChI=1S/C22H24N2O2S/c1-14-5-6-15(2)21(13-14)27-19-9-7-18(8-10-19)23-22(25)12-11-20-16(3)24-26-17(20)4/h5-10,13H,11-12H2,1-4H3,(H,23,25). The molecule has 140 valence electrons. The average molecular weight is 381 g/mol. The largest absolute Gasteiger partial charge is 0.361 e. The fourth-order valence-corrected chi connectivity index (χ4v) is 3.87. The van der Waals surface area contributed by atoms with Gasteiger partial charge in [-0.05, 0) is 75.6 Å². The summed E-state index contributed by atoms with van der Waals surface area (Å²) >= 11 is 1.74. The van der Waals surface area contributed by atoms with E-state index in [0.29, 0.717) is 12.8 Å². The molecule has 0 fully saturated rings. The van der Waals surface area contributed by atoms with Crippen molar-refractivity contribution in [1.29, 1.82) is 0 Å². The van der Waals surface area contributed by atoms with Gasteiger partial charge >= 0.3 is 0 Å². The highest BCUT2D eigenvalue weighted by molar-refractivity contribution is 7.99. The monoisotopic (exact) mass is 380 g/mol. The highest BCUT2D eigenvalue weighted by Gasteiger charge is 2.11. The van der Waals surface area contributed by atoms with Crippen LogP contribution in [-0.4, -0.2) is 11.1 Å². The zero-order valence-corrected chi connectivity index (χ0v) is 16.9. The Morgan fingerprint density at radius 1 is 1.07 bits per heavy atom. The molecule has 0 aliphatic rings. The number of amides is 1. The average Bonchev–Trinajstić information content (AvgIpc) is 2.96. The zero-order chi connectivity index (χ0) is 19.4. The number of nitrogens with one attached hydrogen (secondary N) is 1. The Labute approximate surface area is 164 Å². The SMILES string of the molecule is Cc1ccc(C)c(Sc2ccc(NC(=O)CCc3c(C)noc3C)cc2)c1. The molecule has 0 bridgehead atoms. The first-order valence-electron chi connectivity index (χ1n) is 8.99. The van der Waals surface area contributed by atoms with Gasteiger partial charge in [-0.1, -0.05) is 29.1 Å². The van der Waals surface area contributed by atoms with Gasteiger partial charge < -0.3 is 9.84 Å². The molecule has 1 amide bonds. The second kappa shape index (κ2) is 8.44. The van der Waals surface area contributed by atoms with Crippen LogP contribution in [0.5, 0.6) is 0 Å². The van der Waals surface area contributed by atoms with Crippen molar-refractivity contribution < 1.29 is 9.32 Å². The summed E-state index contributed by atoms with van der Waals surface area (Å²) in [5.41, 5.74) is 5.20. The quantitative estimate of drug-likeness (QED) is 0.602. The maximum Gasteiger partial charge on any atom is 0.224 e. The summed E-state index contributed by atoms with van der Waals surface area (Å²) in [7, 11) is 0. The molecule has 27 heavy (non-hydrogen) atoms. The fraction of sp³-hybridized carbons (Fsp3) is 0.273. The van der Waals surface area contributed by atoms with Gasteiger partial charge in [-0.3, -0.25) is 4.79 Å². The molecular formula is C22H24N2O2S. The van der Waals surface area contributed by atoms with Crippen LogP contribution in [0, 0.1) is 27.7 Å². The van der Waals surface area contributed by atoms with E-state index in [1.54, 1.807) is 11.8 Å². The summed E-state index contributed by atoms with van der Waals surface area (Å²) < 4.78 is 5.14. The minimum Gasteiger partial charge on any atom is -0.361 e. The molecule has 0 aliphatic carbocycles. The zero-order valence-electron chi connectivity index (χ0n) is 16.1. The molecule has 1 heterocycles. The third-order valence-electron chi connectivity index (χ3n) is 4.49. The van der Waals surface area contributed by atoms with Crippen molar-refractivity contribution in [3.05, 3.63) is 70.6 Å². The second-order valence-electron chi connectivity index (χ2n) is 6.75. The van der Waals surface area contributed by atoms with Gasteiger partial charge in [0.15, 0.2) is 0 Å². The lowest BCUT2D eigenvalue weighted by Crippen LogP contribution is -2.12. The van der Waals surface area contributed by atoms with Crippen LogP contribution < -0.4 is 5.32 Å². The van der Waals surface area contributed by atoms with E-state index in [1.807, 2.05) is 38.1 Å². The third-order valence-corrected chi connectivity index (χ3v) is 5.66. The molecule has 1 N–H and O–H groups in total. The van der Waals surface area contributed by atoms with Crippen LogP contribution >= 0.6 is 11.8 Å². The Morgan fingerprint density at radius 2 is 1.81 bits per heavy atom. The number of nitrogens with zero attached hydrogens (tertiary/aromatic N) is 1. The van der Waals surface area contributed by atoms with Gasteiger partial charge in [-0.2, -0.15) is 0 Å². The van der Waals surface area contributed by atoms with Crippen molar-refractivity contribution in [2.45, 2.75) is 50.3 Å². The smallest absolute Gasteiger partial charge is 0.224 e. The van der Waals surface area contributed by atoms with E-state index in [9.17, 15) is 4.79 Å². The minimum absolute atomic E-state index is 0.00932. The molecule has 0 unspecified atom stereocenters. The molecule has 0 spiro atoms. The number of aromatic nitrogens is 1. The topological polar surface area (TPSA) is 55.1 Å². The lowest BCUT2D eigenvalue weighted by molar-refractivity contribution is -0.116. The first kappa shape index (κ1) is 19.2. The van der Waals surface area contributed by atoms with E-state index in [1.165, 1.54) is 16.0 Å². The molecule has 1 aromatic heterocycles. The maximum absolute atomic E-state index is 12.2. The number of hydrogen-bond donors (Lipinski definition) is 1. The Bertz CT molecular complexity index is 926. The fourth-order valence-electron chi connectivity index (χ4n) is 2.87. The predicted octanol–water partition coefficient (Wildman–Crippen LogP) is 5.63. The van der Waals surface area contributed by atoms with Crippen molar-refractivity contribution in [3.8, 4) is 0 Å². The van der Waals surface area contributed by atoms with Crippen molar-refractivity contribution in [3.63, 3.8) is 0 Å². The number of aryl methyl sites for hydroxylation is 4. The molecule has 0 radical (unpaired) electrons. The lowest BCUT2D eigenvalue weighted by Gasteiger charge is -2.09. The van der Waals surface area contributed by atoms with Crippen LogP contribution in [0.4, 0.5) is 5.69 Å². The highest BCUT2D eigenvalue weighted by Crippen LogP contribution is 2.31. The van der Waals surface area contributed by atoms with Crippen molar-refractivity contribution in [1.82, 2.24) is 5.16 Å². The maximum atomic E-state index is 12.2. The highest BCUT2D eigenvalue weighted by atomic mass is 32.2. The molecule has 5 heteroatoms. The van der Waals surface area contributed by atoms with E-state index in [-0.39, 0.29) is 5.91 Å². The van der Waals surface area contributed by atoms with Gasteiger partial charge in [0.05, 0.1) is 5.69 Å². The normalized spacial score (nSPS) is 10.8. The first-order chi connectivity index (χ1) is 12.9. The molecule has 3 aromatic rings. The molecule has 0 saturated carbocycles. The van der Waals surface area contributed by atoms with Crippen LogP contribution in [0.15, 0.2) is 56.8 Å². The van der Waals surface area contributed by atoms with Gasteiger partial charge in [0.25, 0.3) is 0 Å². The molecule has 2 aromatic carbocycles. The number of hydrogen-bond acceptors (Lipinski definition) is 4. The lowest BCUT2D eigenvalue weighted by atomic mass is 10.1. The Hall–Kier alpha value is -2.53. The molecule has 4 nitrogen and oxygen atoms in total. The van der Waals surface area contributed by atoms with Gasteiger partial charge in [-0.25, -0.2) is 0 Å². The van der Waals surface area contributed by atoms with Crippen LogP contribution in [-0.2, 0) is 11.2 Å². The van der Waals surface area contributed by atoms with Crippen LogP contribution in [0.2, 0.25) is 0 Å². The molecule has 0 aliphatic heterocycles. The summed E-state index contributed by atoms with van der Waals surface area (Å²) in [6.45, 7) is 8.00. The number of carbonyl (C=O) groups excluding carboxylic acids is 1. The Balaban J connectivity index is 1.57. The van der Waals surface area contributed by atoms with E-state index in [0.717, 1.165) is 27.6 Å². The summed E-state index contributed by atoms with van der Waals surface area (Å²) in [6, 6.07) is 14.4. The number of anilines is 1. The van der Waals surface area contributed by atoms with Gasteiger partial charge in [-0.15, -0.1) is 0 Å². The summed E-state index contributed by atoms with van der Waals surface area (Å²) in [6.07, 6.45) is 1.04. The second-order valence-corrected chi connectivity index (χ2v) is 7.86. The van der Waals surface area contributed by atoms with Crippen LogP contribution in [0.3, 0.4) is 0 Å². The number of rotatable bonds is 6. The summed E-state index contributed by atoms with van der Waals surface area (Å²) in [5, 5.41) is 6.88. The van der Waals surface area contributed by atoms with E-state index < -0.39 is 0 Å². The van der Waals surface area contributed by atoms with E-state index in [4.69, 9.17) is 4.52 Å². The van der Waals surface area contributed by atoms with Crippen molar-refractivity contribution in [2.75, 3.05) is 5.32 Å². The Kier molecular flexibility index (Phi) is 6.01. The van der Waals surface area contributed by atoms with Gasteiger partial charge in [0.1, 0.15) is 5.76 Å². The van der Waals surface area contributed by atoms with E-state index in [2.05, 4.69) is 42.5 Å². The molecule has 0 saturated heterocycles. The number of benzene rings is 2. The summed E-state index contributed by atoms with van der Waals surface area (Å²) in [5.74, 6) is 0.776. The van der Waals surface area contributed by atoms with Crippen LogP contribution in [0.25, 0.3) is 0 Å². The van der Waals surface area contributed by atoms with Crippen molar-refractivity contribution in [2.24, 2.45) is 0 Å². The first-order valence-corrected chi connectivity index (χ1v) is 9.81. The predicted molar refractivity (Wildman–Crippen MR) is 109 cm³/mol. The molecular weight excluding hydrogens is 356 g/mol.